The van der Waals surface area contributed by atoms with Crippen LogP contribution in [-0.4, -0.2) is 42.7 Å². The number of hydrogen-bond donors (Lipinski definition) is 1. The molecule has 1 N–H and O–H groups in total. The van der Waals surface area contributed by atoms with Crippen LogP contribution in [0.15, 0.2) is 30.6 Å². The van der Waals surface area contributed by atoms with Crippen LogP contribution < -0.4 is 14.8 Å². The fourth-order valence-corrected chi connectivity index (χ4v) is 3.30. The predicted octanol–water partition coefficient (Wildman–Crippen LogP) is 2.87. The van der Waals surface area contributed by atoms with Crippen molar-refractivity contribution >= 4 is 5.82 Å². The highest BCUT2D eigenvalue weighted by molar-refractivity contribution is 5.45. The highest BCUT2D eigenvalue weighted by atomic mass is 16.5. The van der Waals surface area contributed by atoms with E-state index in [0.29, 0.717) is 0 Å². The third-order valence-corrected chi connectivity index (χ3v) is 4.51. The average Bonchev–Trinajstić information content (AvgIpc) is 3.10. The van der Waals surface area contributed by atoms with E-state index in [1.807, 2.05) is 31.4 Å². The quantitative estimate of drug-likeness (QED) is 0.880. The smallest absolute Gasteiger partial charge is 0.144 e. The Kier molecular flexibility index (Phi) is 5.15. The minimum absolute atomic E-state index is 0.264. The van der Waals surface area contributed by atoms with E-state index < -0.39 is 0 Å². The molecule has 2 heterocycles. The van der Waals surface area contributed by atoms with E-state index in [2.05, 4.69) is 20.2 Å². The van der Waals surface area contributed by atoms with Crippen molar-refractivity contribution in [3.8, 4) is 11.5 Å². The molecule has 1 aromatic carbocycles. The molecule has 0 saturated carbocycles. The Morgan fingerprint density at radius 3 is 2.62 bits per heavy atom. The first-order chi connectivity index (χ1) is 11.8. The van der Waals surface area contributed by atoms with Gasteiger partial charge in [0.05, 0.1) is 43.9 Å². The molecule has 1 atom stereocenters. The zero-order valence-electron chi connectivity index (χ0n) is 14.5. The summed E-state index contributed by atoms with van der Waals surface area (Å²) >= 11 is 0. The molecule has 1 aromatic heterocycles. The van der Waals surface area contributed by atoms with Crippen molar-refractivity contribution in [2.45, 2.75) is 25.4 Å². The van der Waals surface area contributed by atoms with Gasteiger partial charge in [0.25, 0.3) is 0 Å². The van der Waals surface area contributed by atoms with Gasteiger partial charge in [-0.1, -0.05) is 6.07 Å². The molecule has 0 radical (unpaired) electrons. The summed E-state index contributed by atoms with van der Waals surface area (Å²) in [6.07, 6.45) is 5.84. The van der Waals surface area contributed by atoms with Crippen LogP contribution in [0.4, 0.5) is 5.82 Å². The van der Waals surface area contributed by atoms with Crippen molar-refractivity contribution in [3.63, 3.8) is 0 Å². The van der Waals surface area contributed by atoms with E-state index >= 15 is 0 Å². The summed E-state index contributed by atoms with van der Waals surface area (Å²) in [5.41, 5.74) is 2.08. The van der Waals surface area contributed by atoms with E-state index in [4.69, 9.17) is 9.47 Å². The average molecular weight is 328 g/mol. The first-order valence-electron chi connectivity index (χ1n) is 8.20. The molecular weight excluding hydrogens is 304 g/mol. The highest BCUT2D eigenvalue weighted by Crippen LogP contribution is 2.36. The van der Waals surface area contributed by atoms with Crippen LogP contribution in [0.1, 0.15) is 30.1 Å². The maximum Gasteiger partial charge on any atom is 0.144 e. The van der Waals surface area contributed by atoms with E-state index in [1.54, 1.807) is 20.4 Å². The van der Waals surface area contributed by atoms with Crippen LogP contribution in [0.3, 0.4) is 0 Å². The number of anilines is 1. The van der Waals surface area contributed by atoms with Gasteiger partial charge in [0.15, 0.2) is 0 Å². The molecule has 0 bridgehead atoms. The topological polar surface area (TPSA) is 59.5 Å². The molecule has 3 rings (SSSR count). The van der Waals surface area contributed by atoms with Crippen LogP contribution in [0, 0.1) is 0 Å². The first-order valence-corrected chi connectivity index (χ1v) is 8.20. The Balaban J connectivity index is 1.87. The molecule has 1 fully saturated rings. The molecule has 1 saturated heterocycles. The minimum Gasteiger partial charge on any atom is -0.496 e. The number of likely N-dealkylation sites (tertiary alicyclic amines) is 1. The summed E-state index contributed by atoms with van der Waals surface area (Å²) < 4.78 is 11.1. The lowest BCUT2D eigenvalue weighted by Gasteiger charge is -2.25. The van der Waals surface area contributed by atoms with Gasteiger partial charge >= 0.3 is 0 Å². The van der Waals surface area contributed by atoms with Crippen LogP contribution in [-0.2, 0) is 6.54 Å². The summed E-state index contributed by atoms with van der Waals surface area (Å²) in [6, 6.07) is 6.17. The first kappa shape index (κ1) is 16.5. The number of nitrogens with one attached hydrogen (secondary N) is 1. The van der Waals surface area contributed by atoms with Crippen molar-refractivity contribution in [1.29, 1.82) is 0 Å². The molecule has 0 aliphatic carbocycles. The molecule has 2 aromatic rings. The Morgan fingerprint density at radius 2 is 1.96 bits per heavy atom. The number of ether oxygens (including phenoxy) is 2. The SMILES string of the molecule is CNc1cncc(C2CCCN2Cc2c(OC)cccc2OC)n1. The number of nitrogens with zero attached hydrogens (tertiary/aromatic N) is 3. The maximum atomic E-state index is 5.53. The third-order valence-electron chi connectivity index (χ3n) is 4.51. The second-order valence-corrected chi connectivity index (χ2v) is 5.85. The zero-order chi connectivity index (χ0) is 16.9. The molecule has 24 heavy (non-hydrogen) atoms. The Labute approximate surface area is 142 Å². The molecule has 128 valence electrons. The van der Waals surface area contributed by atoms with Crippen LogP contribution in [0.25, 0.3) is 0 Å². The van der Waals surface area contributed by atoms with E-state index in [9.17, 15) is 0 Å². The maximum absolute atomic E-state index is 5.53. The minimum atomic E-state index is 0.264. The van der Waals surface area contributed by atoms with Gasteiger partial charge in [-0.3, -0.25) is 9.88 Å². The van der Waals surface area contributed by atoms with Gasteiger partial charge in [-0.05, 0) is 31.5 Å². The normalized spacial score (nSPS) is 17.7. The molecule has 1 aliphatic heterocycles. The lowest BCUT2D eigenvalue weighted by molar-refractivity contribution is 0.236. The summed E-state index contributed by atoms with van der Waals surface area (Å²) in [4.78, 5) is 11.4. The summed E-state index contributed by atoms with van der Waals surface area (Å²) in [7, 11) is 5.25. The van der Waals surface area contributed by atoms with Gasteiger partial charge in [-0.2, -0.15) is 0 Å². The summed E-state index contributed by atoms with van der Waals surface area (Å²) in [5.74, 6) is 2.51. The number of hydrogen-bond acceptors (Lipinski definition) is 6. The van der Waals surface area contributed by atoms with Crippen molar-refractivity contribution < 1.29 is 9.47 Å². The molecule has 0 amide bonds. The predicted molar refractivity (Wildman–Crippen MR) is 93.5 cm³/mol. The zero-order valence-corrected chi connectivity index (χ0v) is 14.5. The largest absolute Gasteiger partial charge is 0.496 e. The fraction of sp³-hybridized carbons (Fsp3) is 0.444. The molecule has 0 spiro atoms. The van der Waals surface area contributed by atoms with Crippen molar-refractivity contribution in [1.82, 2.24) is 14.9 Å². The third kappa shape index (κ3) is 3.28. The van der Waals surface area contributed by atoms with Gasteiger partial charge in [0.2, 0.25) is 0 Å². The standard InChI is InChI=1S/C18H24N4O2/c1-19-18-11-20-10-14(21-18)15-6-5-9-22(15)12-13-16(23-2)7-4-8-17(13)24-3/h4,7-8,10-11,15H,5-6,9,12H2,1-3H3,(H,19,21). The molecule has 1 aliphatic rings. The van der Waals surface area contributed by atoms with Crippen LogP contribution in [0.5, 0.6) is 11.5 Å². The lowest BCUT2D eigenvalue weighted by Crippen LogP contribution is -2.24. The monoisotopic (exact) mass is 328 g/mol. The molecular formula is C18H24N4O2. The lowest BCUT2D eigenvalue weighted by atomic mass is 10.1. The molecule has 6 heteroatoms. The number of aromatic nitrogens is 2. The van der Waals surface area contributed by atoms with Gasteiger partial charge < -0.3 is 14.8 Å². The second kappa shape index (κ2) is 7.49. The Morgan fingerprint density at radius 1 is 1.21 bits per heavy atom. The van der Waals surface area contributed by atoms with Crippen molar-refractivity contribution in [3.05, 3.63) is 41.9 Å². The van der Waals surface area contributed by atoms with E-state index in [0.717, 1.165) is 54.5 Å². The highest BCUT2D eigenvalue weighted by Gasteiger charge is 2.29. The van der Waals surface area contributed by atoms with Gasteiger partial charge in [-0.15, -0.1) is 0 Å². The van der Waals surface area contributed by atoms with Crippen molar-refractivity contribution in [2.24, 2.45) is 0 Å². The van der Waals surface area contributed by atoms with Crippen LogP contribution >= 0.6 is 0 Å². The Hall–Kier alpha value is -2.34. The number of methoxy groups -OCH3 is 2. The fourth-order valence-electron chi connectivity index (χ4n) is 3.30. The summed E-state index contributed by atoms with van der Waals surface area (Å²) in [6.45, 7) is 1.79. The second-order valence-electron chi connectivity index (χ2n) is 5.85. The van der Waals surface area contributed by atoms with E-state index in [1.165, 1.54) is 0 Å². The molecule has 1 unspecified atom stereocenters. The number of rotatable bonds is 6. The summed E-state index contributed by atoms with van der Waals surface area (Å²) in [5, 5.41) is 3.06. The van der Waals surface area contributed by atoms with Crippen molar-refractivity contribution in [2.75, 3.05) is 33.1 Å². The van der Waals surface area contributed by atoms with Gasteiger partial charge in [0.1, 0.15) is 17.3 Å². The van der Waals surface area contributed by atoms with Gasteiger partial charge in [0, 0.05) is 13.6 Å². The molecule has 6 nitrogen and oxygen atoms in total. The van der Waals surface area contributed by atoms with E-state index in [-0.39, 0.29) is 6.04 Å². The van der Waals surface area contributed by atoms with Gasteiger partial charge in [-0.25, -0.2) is 4.98 Å². The van der Waals surface area contributed by atoms with Crippen LogP contribution in [0.2, 0.25) is 0 Å². The Bertz CT molecular complexity index is 670. The number of benzene rings is 1.